The van der Waals surface area contributed by atoms with Crippen LogP contribution in [-0.2, 0) is 0 Å². The number of hydrogen-bond acceptors (Lipinski definition) is 2. The minimum absolute atomic E-state index is 0.589. The zero-order chi connectivity index (χ0) is 16.8. The number of aliphatic imine (C=N–C) groups is 1. The molecule has 4 heteroatoms. The molecule has 1 N–H and O–H groups in total. The first-order valence-corrected chi connectivity index (χ1v) is 9.47. The van der Waals surface area contributed by atoms with E-state index in [2.05, 4.69) is 41.4 Å². The van der Waals surface area contributed by atoms with Crippen molar-refractivity contribution >= 4 is 5.96 Å². The third-order valence-corrected chi connectivity index (χ3v) is 5.14. The largest absolute Gasteiger partial charge is 0.497 e. The predicted molar refractivity (Wildman–Crippen MR) is 99.9 cm³/mol. The topological polar surface area (TPSA) is 36.9 Å². The number of rotatable bonds is 7. The van der Waals surface area contributed by atoms with Crippen molar-refractivity contribution in [3.63, 3.8) is 0 Å². The molecule has 0 spiro atoms. The number of likely N-dealkylation sites (tertiary alicyclic amines) is 1. The van der Waals surface area contributed by atoms with Gasteiger partial charge in [0.05, 0.1) is 7.11 Å². The molecule has 1 saturated carbocycles. The molecule has 24 heavy (non-hydrogen) atoms. The van der Waals surface area contributed by atoms with Crippen molar-refractivity contribution in [3.8, 4) is 5.75 Å². The summed E-state index contributed by atoms with van der Waals surface area (Å²) in [6, 6.07) is 8.53. The lowest BCUT2D eigenvalue weighted by Crippen LogP contribution is -2.40. The molecule has 1 aliphatic heterocycles. The number of benzene rings is 1. The molecule has 1 aromatic carbocycles. The summed E-state index contributed by atoms with van der Waals surface area (Å²) in [6.45, 7) is 6.19. The second-order valence-corrected chi connectivity index (χ2v) is 7.03. The Morgan fingerprint density at radius 1 is 1.25 bits per heavy atom. The van der Waals surface area contributed by atoms with Gasteiger partial charge in [-0.2, -0.15) is 0 Å². The fourth-order valence-corrected chi connectivity index (χ4v) is 3.50. The monoisotopic (exact) mass is 329 g/mol. The maximum Gasteiger partial charge on any atom is 0.193 e. The molecule has 1 heterocycles. The third kappa shape index (κ3) is 4.65. The third-order valence-electron chi connectivity index (χ3n) is 5.14. The number of nitrogens with one attached hydrogen (secondary N) is 1. The Labute approximate surface area is 146 Å². The van der Waals surface area contributed by atoms with E-state index in [1.54, 1.807) is 7.11 Å². The average Bonchev–Trinajstić information content (AvgIpc) is 3.31. The molecule has 1 aliphatic carbocycles. The summed E-state index contributed by atoms with van der Waals surface area (Å²) in [5.74, 6) is 3.63. The van der Waals surface area contributed by atoms with Gasteiger partial charge < -0.3 is 15.0 Å². The van der Waals surface area contributed by atoms with Crippen LogP contribution in [0.25, 0.3) is 0 Å². The van der Waals surface area contributed by atoms with Gasteiger partial charge in [-0.15, -0.1) is 0 Å². The molecule has 132 valence electrons. The van der Waals surface area contributed by atoms with E-state index in [0.717, 1.165) is 43.8 Å². The SMILES string of the molecule is CCNC(=NCCCC1CC1)N1CCC(c2ccc(OC)cc2)C1. The molecule has 2 fully saturated rings. The summed E-state index contributed by atoms with van der Waals surface area (Å²) in [5.41, 5.74) is 1.41. The van der Waals surface area contributed by atoms with Crippen molar-refractivity contribution in [3.05, 3.63) is 29.8 Å². The summed E-state index contributed by atoms with van der Waals surface area (Å²) in [5, 5.41) is 3.47. The second-order valence-electron chi connectivity index (χ2n) is 7.03. The van der Waals surface area contributed by atoms with Gasteiger partial charge in [-0.1, -0.05) is 25.0 Å². The maximum absolute atomic E-state index is 5.26. The standard InChI is InChI=1S/C20H31N3O/c1-3-21-20(22-13-4-5-16-6-7-16)23-14-12-18(15-23)17-8-10-19(24-2)11-9-17/h8-11,16,18H,3-7,12-15H2,1-2H3,(H,21,22). The lowest BCUT2D eigenvalue weighted by Gasteiger charge is -2.22. The van der Waals surface area contributed by atoms with Crippen LogP contribution in [0.15, 0.2) is 29.3 Å². The van der Waals surface area contributed by atoms with Crippen molar-refractivity contribution in [1.82, 2.24) is 10.2 Å². The van der Waals surface area contributed by atoms with E-state index in [-0.39, 0.29) is 0 Å². The summed E-state index contributed by atoms with van der Waals surface area (Å²) < 4.78 is 5.26. The van der Waals surface area contributed by atoms with E-state index >= 15 is 0 Å². The molecule has 0 radical (unpaired) electrons. The van der Waals surface area contributed by atoms with Gasteiger partial charge in [0.2, 0.25) is 0 Å². The van der Waals surface area contributed by atoms with Crippen LogP contribution in [0.5, 0.6) is 5.75 Å². The Morgan fingerprint density at radius 2 is 2.04 bits per heavy atom. The maximum atomic E-state index is 5.26. The first-order chi connectivity index (χ1) is 11.8. The molecule has 0 bridgehead atoms. The molecule has 3 rings (SSSR count). The van der Waals surface area contributed by atoms with Crippen LogP contribution < -0.4 is 10.1 Å². The average molecular weight is 329 g/mol. The highest BCUT2D eigenvalue weighted by molar-refractivity contribution is 5.80. The summed E-state index contributed by atoms with van der Waals surface area (Å²) in [6.07, 6.45) is 6.67. The number of guanidine groups is 1. The van der Waals surface area contributed by atoms with Gasteiger partial charge in [-0.05, 0) is 49.8 Å². The summed E-state index contributed by atoms with van der Waals surface area (Å²) >= 11 is 0. The van der Waals surface area contributed by atoms with Crippen LogP contribution in [-0.4, -0.2) is 44.1 Å². The van der Waals surface area contributed by atoms with Crippen LogP contribution in [0.2, 0.25) is 0 Å². The Bertz CT molecular complexity index is 536. The molecule has 0 amide bonds. The smallest absolute Gasteiger partial charge is 0.193 e. The molecule has 1 saturated heterocycles. The van der Waals surface area contributed by atoms with Gasteiger partial charge in [-0.3, -0.25) is 4.99 Å². The number of nitrogens with zero attached hydrogens (tertiary/aromatic N) is 2. The van der Waals surface area contributed by atoms with E-state index in [0.29, 0.717) is 5.92 Å². The lowest BCUT2D eigenvalue weighted by molar-refractivity contribution is 0.414. The number of hydrogen-bond donors (Lipinski definition) is 1. The van der Waals surface area contributed by atoms with Crippen LogP contribution in [0.4, 0.5) is 0 Å². The van der Waals surface area contributed by atoms with Crippen LogP contribution in [0.1, 0.15) is 50.5 Å². The first-order valence-electron chi connectivity index (χ1n) is 9.47. The Kier molecular flexibility index (Phi) is 6.00. The minimum atomic E-state index is 0.589. The van der Waals surface area contributed by atoms with Gasteiger partial charge >= 0.3 is 0 Å². The Hall–Kier alpha value is -1.71. The van der Waals surface area contributed by atoms with Crippen molar-refractivity contribution in [2.45, 2.75) is 44.9 Å². The quantitative estimate of drug-likeness (QED) is 0.471. The Morgan fingerprint density at radius 3 is 2.71 bits per heavy atom. The van der Waals surface area contributed by atoms with Gasteiger partial charge in [0.25, 0.3) is 0 Å². The molecular weight excluding hydrogens is 298 g/mol. The van der Waals surface area contributed by atoms with Gasteiger partial charge in [0.1, 0.15) is 5.75 Å². The highest BCUT2D eigenvalue weighted by atomic mass is 16.5. The normalized spacial score (nSPS) is 21.2. The van der Waals surface area contributed by atoms with Gasteiger partial charge in [0, 0.05) is 32.1 Å². The molecule has 1 atom stereocenters. The van der Waals surface area contributed by atoms with Crippen molar-refractivity contribution in [2.24, 2.45) is 10.9 Å². The predicted octanol–water partition coefficient (Wildman–Crippen LogP) is 3.64. The van der Waals surface area contributed by atoms with E-state index in [1.165, 1.54) is 37.7 Å². The number of methoxy groups -OCH3 is 1. The fourth-order valence-electron chi connectivity index (χ4n) is 3.50. The number of ether oxygens (including phenoxy) is 1. The van der Waals surface area contributed by atoms with Crippen molar-refractivity contribution < 1.29 is 4.74 Å². The fraction of sp³-hybridized carbons (Fsp3) is 0.650. The molecular formula is C20H31N3O. The first kappa shape index (κ1) is 17.1. The molecule has 1 aromatic rings. The van der Waals surface area contributed by atoms with Crippen LogP contribution in [0, 0.1) is 5.92 Å². The van der Waals surface area contributed by atoms with E-state index < -0.39 is 0 Å². The lowest BCUT2D eigenvalue weighted by atomic mass is 9.98. The second kappa shape index (κ2) is 8.41. The minimum Gasteiger partial charge on any atom is -0.497 e. The zero-order valence-corrected chi connectivity index (χ0v) is 15.1. The summed E-state index contributed by atoms with van der Waals surface area (Å²) in [4.78, 5) is 7.29. The van der Waals surface area contributed by atoms with Crippen LogP contribution in [0.3, 0.4) is 0 Å². The van der Waals surface area contributed by atoms with Crippen molar-refractivity contribution in [2.75, 3.05) is 33.3 Å². The highest BCUT2D eigenvalue weighted by Crippen LogP contribution is 2.33. The zero-order valence-electron chi connectivity index (χ0n) is 15.1. The van der Waals surface area contributed by atoms with Crippen LogP contribution >= 0.6 is 0 Å². The Balaban J connectivity index is 1.54. The van der Waals surface area contributed by atoms with Gasteiger partial charge in [-0.25, -0.2) is 0 Å². The summed E-state index contributed by atoms with van der Waals surface area (Å²) in [7, 11) is 1.72. The van der Waals surface area contributed by atoms with E-state index in [9.17, 15) is 0 Å². The molecule has 4 nitrogen and oxygen atoms in total. The van der Waals surface area contributed by atoms with E-state index in [4.69, 9.17) is 9.73 Å². The molecule has 2 aliphatic rings. The molecule has 1 unspecified atom stereocenters. The van der Waals surface area contributed by atoms with Crippen molar-refractivity contribution in [1.29, 1.82) is 0 Å². The van der Waals surface area contributed by atoms with Gasteiger partial charge in [0.15, 0.2) is 5.96 Å². The highest BCUT2D eigenvalue weighted by Gasteiger charge is 2.26. The molecule has 0 aromatic heterocycles. The van der Waals surface area contributed by atoms with E-state index in [1.807, 2.05) is 0 Å².